The highest BCUT2D eigenvalue weighted by atomic mass is 16.6. The molecule has 114 valence electrons. The van der Waals surface area contributed by atoms with Crippen LogP contribution in [0.25, 0.3) is 10.9 Å². The molecule has 6 nitrogen and oxygen atoms in total. The van der Waals surface area contributed by atoms with Crippen molar-refractivity contribution in [3.05, 3.63) is 80.9 Å². The van der Waals surface area contributed by atoms with E-state index >= 15 is 0 Å². The van der Waals surface area contributed by atoms with Crippen molar-refractivity contribution >= 4 is 16.6 Å². The van der Waals surface area contributed by atoms with Crippen molar-refractivity contribution in [2.45, 2.75) is 18.4 Å². The van der Waals surface area contributed by atoms with Crippen molar-refractivity contribution in [2.75, 3.05) is 0 Å². The van der Waals surface area contributed by atoms with Crippen molar-refractivity contribution in [3.8, 4) is 0 Å². The number of nitro groups is 1. The summed E-state index contributed by atoms with van der Waals surface area (Å²) in [5, 5.41) is 11.3. The molecule has 3 aromatic rings. The predicted molar refractivity (Wildman–Crippen MR) is 85.4 cm³/mol. The van der Waals surface area contributed by atoms with Gasteiger partial charge in [0.25, 0.3) is 11.2 Å². The third-order valence-corrected chi connectivity index (χ3v) is 4.46. The lowest BCUT2D eigenvalue weighted by Gasteiger charge is -2.19. The molecule has 2 aromatic carbocycles. The van der Waals surface area contributed by atoms with E-state index in [1.54, 1.807) is 16.7 Å². The van der Waals surface area contributed by atoms with Gasteiger partial charge in [-0.25, -0.2) is 4.98 Å². The quantitative estimate of drug-likeness (QED) is 0.550. The topological polar surface area (TPSA) is 78.0 Å². The molecule has 0 saturated heterocycles. The Balaban J connectivity index is 2.00. The maximum atomic E-state index is 12.9. The Morgan fingerprint density at radius 2 is 1.83 bits per heavy atom. The molecular weight excluding hydrogens is 294 g/mol. The van der Waals surface area contributed by atoms with Crippen LogP contribution >= 0.6 is 0 Å². The Morgan fingerprint density at radius 1 is 1.09 bits per heavy atom. The lowest BCUT2D eigenvalue weighted by Crippen LogP contribution is -2.31. The third-order valence-electron chi connectivity index (χ3n) is 4.46. The minimum atomic E-state index is -0.530. The first kappa shape index (κ1) is 13.6. The molecule has 0 atom stereocenters. The summed E-state index contributed by atoms with van der Waals surface area (Å²) in [5.74, 6) is 0. The van der Waals surface area contributed by atoms with Crippen molar-refractivity contribution in [3.63, 3.8) is 0 Å². The molecule has 4 rings (SSSR count). The van der Waals surface area contributed by atoms with Crippen LogP contribution in [0.15, 0.2) is 59.7 Å². The second-order valence-electron chi connectivity index (χ2n) is 5.75. The van der Waals surface area contributed by atoms with E-state index in [1.807, 2.05) is 30.3 Å². The molecular formula is C17H13N3O3. The summed E-state index contributed by atoms with van der Waals surface area (Å²) in [6.07, 6.45) is 3.16. The highest BCUT2D eigenvalue weighted by Gasteiger charge is 2.47. The molecule has 0 unspecified atom stereocenters. The minimum absolute atomic E-state index is 0.0715. The summed E-state index contributed by atoms with van der Waals surface area (Å²) in [6, 6.07) is 14.2. The van der Waals surface area contributed by atoms with Gasteiger partial charge in [-0.3, -0.25) is 19.5 Å². The number of rotatable bonds is 3. The van der Waals surface area contributed by atoms with Crippen LogP contribution in [-0.4, -0.2) is 14.5 Å². The number of benzene rings is 2. The van der Waals surface area contributed by atoms with Gasteiger partial charge in [0, 0.05) is 6.07 Å². The highest BCUT2D eigenvalue weighted by Crippen LogP contribution is 2.48. The second-order valence-corrected chi connectivity index (χ2v) is 5.75. The number of nitro benzene ring substituents is 1. The van der Waals surface area contributed by atoms with Crippen LogP contribution < -0.4 is 5.56 Å². The standard InChI is InChI=1S/C17H13N3O3/c21-16-15-13(7-4-8-14(15)20(22)23)18-11-19(16)17(9-10-17)12-5-2-1-3-6-12/h1-8,11H,9-10H2. The molecule has 0 bridgehead atoms. The van der Waals surface area contributed by atoms with Crippen molar-refractivity contribution in [1.29, 1.82) is 0 Å². The SMILES string of the molecule is O=c1c2c([N+](=O)[O-])cccc2ncn1C1(c2ccccc2)CC1. The van der Waals surface area contributed by atoms with Crippen LogP contribution in [0, 0.1) is 10.1 Å². The molecule has 1 aromatic heterocycles. The highest BCUT2D eigenvalue weighted by molar-refractivity contribution is 5.86. The van der Waals surface area contributed by atoms with E-state index in [0.717, 1.165) is 18.4 Å². The maximum absolute atomic E-state index is 12.9. The molecule has 0 spiro atoms. The lowest BCUT2D eigenvalue weighted by molar-refractivity contribution is -0.383. The average Bonchev–Trinajstić information content (AvgIpc) is 3.37. The first-order chi connectivity index (χ1) is 11.1. The molecule has 23 heavy (non-hydrogen) atoms. The van der Waals surface area contributed by atoms with E-state index in [-0.39, 0.29) is 16.6 Å². The molecule has 1 saturated carbocycles. The summed E-state index contributed by atoms with van der Waals surface area (Å²) in [5.41, 5.74) is 0.400. The summed E-state index contributed by atoms with van der Waals surface area (Å²) < 4.78 is 1.55. The van der Waals surface area contributed by atoms with Crippen LogP contribution in [0.1, 0.15) is 18.4 Å². The monoisotopic (exact) mass is 307 g/mol. The number of hydrogen-bond donors (Lipinski definition) is 0. The van der Waals surface area contributed by atoms with E-state index < -0.39 is 10.5 Å². The minimum Gasteiger partial charge on any atom is -0.288 e. The van der Waals surface area contributed by atoms with Gasteiger partial charge in [0.15, 0.2) is 0 Å². The molecule has 1 aliphatic carbocycles. The van der Waals surface area contributed by atoms with Crippen molar-refractivity contribution in [1.82, 2.24) is 9.55 Å². The van der Waals surface area contributed by atoms with Crippen molar-refractivity contribution < 1.29 is 4.92 Å². The number of fused-ring (bicyclic) bond motifs is 1. The van der Waals surface area contributed by atoms with Gasteiger partial charge in [-0.2, -0.15) is 0 Å². The van der Waals surface area contributed by atoms with Gasteiger partial charge in [-0.05, 0) is 24.5 Å². The number of non-ortho nitro benzene ring substituents is 1. The van der Waals surface area contributed by atoms with E-state index in [0.29, 0.717) is 5.52 Å². The first-order valence-corrected chi connectivity index (χ1v) is 7.34. The Labute approximate surface area is 131 Å². The number of aromatic nitrogens is 2. The molecule has 0 N–H and O–H groups in total. The van der Waals surface area contributed by atoms with Crippen LogP contribution in [0.3, 0.4) is 0 Å². The van der Waals surface area contributed by atoms with Gasteiger partial charge in [-0.1, -0.05) is 36.4 Å². The van der Waals surface area contributed by atoms with Crippen LogP contribution in [0.4, 0.5) is 5.69 Å². The fourth-order valence-corrected chi connectivity index (χ4v) is 3.14. The third kappa shape index (κ3) is 1.95. The summed E-state index contributed by atoms with van der Waals surface area (Å²) in [4.78, 5) is 27.9. The molecule has 0 radical (unpaired) electrons. The van der Waals surface area contributed by atoms with Gasteiger partial charge < -0.3 is 0 Å². The predicted octanol–water partition coefficient (Wildman–Crippen LogP) is 2.84. The summed E-state index contributed by atoms with van der Waals surface area (Å²) in [7, 11) is 0. The normalized spacial score (nSPS) is 15.5. The van der Waals surface area contributed by atoms with E-state index in [9.17, 15) is 14.9 Å². The molecule has 0 amide bonds. The maximum Gasteiger partial charge on any atom is 0.284 e. The largest absolute Gasteiger partial charge is 0.288 e. The van der Waals surface area contributed by atoms with E-state index in [2.05, 4.69) is 4.98 Å². The number of hydrogen-bond acceptors (Lipinski definition) is 4. The fraction of sp³-hybridized carbons (Fsp3) is 0.176. The fourth-order valence-electron chi connectivity index (χ4n) is 3.14. The van der Waals surface area contributed by atoms with Gasteiger partial charge >= 0.3 is 0 Å². The Hall–Kier alpha value is -3.02. The molecule has 1 fully saturated rings. The lowest BCUT2D eigenvalue weighted by atomic mass is 10.0. The molecule has 6 heteroatoms. The average molecular weight is 307 g/mol. The van der Waals surface area contributed by atoms with Crippen LogP contribution in [-0.2, 0) is 5.54 Å². The zero-order chi connectivity index (χ0) is 16.0. The van der Waals surface area contributed by atoms with Crippen molar-refractivity contribution in [2.24, 2.45) is 0 Å². The zero-order valence-corrected chi connectivity index (χ0v) is 12.2. The van der Waals surface area contributed by atoms with Gasteiger partial charge in [-0.15, -0.1) is 0 Å². The Kier molecular flexibility index (Phi) is 2.81. The second kappa shape index (κ2) is 4.74. The molecule has 1 aliphatic rings. The van der Waals surface area contributed by atoms with Gasteiger partial charge in [0.1, 0.15) is 5.39 Å². The summed E-state index contributed by atoms with van der Waals surface area (Å²) in [6.45, 7) is 0. The molecule has 0 aliphatic heterocycles. The molecule has 1 heterocycles. The van der Waals surface area contributed by atoms with Gasteiger partial charge in [0.05, 0.1) is 22.3 Å². The zero-order valence-electron chi connectivity index (χ0n) is 12.2. The van der Waals surface area contributed by atoms with E-state index in [1.165, 1.54) is 12.4 Å². The Bertz CT molecular complexity index is 975. The van der Waals surface area contributed by atoms with E-state index in [4.69, 9.17) is 0 Å². The Morgan fingerprint density at radius 3 is 2.48 bits per heavy atom. The first-order valence-electron chi connectivity index (χ1n) is 7.34. The smallest absolute Gasteiger partial charge is 0.284 e. The van der Waals surface area contributed by atoms with Gasteiger partial charge in [0.2, 0.25) is 0 Å². The summed E-state index contributed by atoms with van der Waals surface area (Å²) >= 11 is 0. The number of nitrogens with zero attached hydrogens (tertiary/aromatic N) is 3. The van der Waals surface area contributed by atoms with Crippen LogP contribution in [0.2, 0.25) is 0 Å². The van der Waals surface area contributed by atoms with Crippen LogP contribution in [0.5, 0.6) is 0 Å².